The molecule has 1 aliphatic carbocycles. The molecule has 36 heavy (non-hydrogen) atoms. The smallest absolute Gasteiger partial charge is 0.343 e. The Labute approximate surface area is 211 Å². The van der Waals surface area contributed by atoms with Gasteiger partial charge in [-0.25, -0.2) is 9.59 Å². The molecule has 0 atom stereocenters. The Bertz CT molecular complexity index is 1320. The number of fused-ring (bicyclic) bond motifs is 3. The normalized spacial score (nSPS) is 12.1. The fraction of sp³-hybridized carbons (Fsp3) is 0.188. The molecule has 4 aromatic rings. The zero-order valence-corrected chi connectivity index (χ0v) is 20.7. The number of ether oxygens (including phenoxy) is 2. The summed E-state index contributed by atoms with van der Waals surface area (Å²) >= 11 is 0. The first-order chi connectivity index (χ1) is 17.5. The van der Waals surface area contributed by atoms with E-state index in [9.17, 15) is 9.59 Å². The molecule has 4 aromatic carbocycles. The second kappa shape index (κ2) is 9.82. The second-order valence-corrected chi connectivity index (χ2v) is 9.10. The van der Waals surface area contributed by atoms with Crippen LogP contribution in [0.2, 0.25) is 0 Å². The SMILES string of the molecule is CCc1ccc(C(=O)Oc2ccc3c(c2)C(C)c2cc(OC(=O)c4ccc(CC)cc4)ccc2-3)cc1. The number of hydrogen-bond donors (Lipinski definition) is 0. The maximum atomic E-state index is 12.6. The summed E-state index contributed by atoms with van der Waals surface area (Å²) in [7, 11) is 0. The number of aryl methyl sites for hydroxylation is 2. The average molecular weight is 477 g/mol. The highest BCUT2D eigenvalue weighted by molar-refractivity contribution is 5.92. The molecule has 1 aliphatic rings. The van der Waals surface area contributed by atoms with Crippen molar-refractivity contribution < 1.29 is 19.1 Å². The van der Waals surface area contributed by atoms with Crippen molar-refractivity contribution in [1.29, 1.82) is 0 Å². The molecule has 0 saturated carbocycles. The van der Waals surface area contributed by atoms with E-state index < -0.39 is 0 Å². The highest BCUT2D eigenvalue weighted by Crippen LogP contribution is 2.47. The predicted octanol–water partition coefficient (Wildman–Crippen LogP) is 7.38. The van der Waals surface area contributed by atoms with Crippen molar-refractivity contribution in [1.82, 2.24) is 0 Å². The summed E-state index contributed by atoms with van der Waals surface area (Å²) in [5, 5.41) is 0. The molecule has 0 aromatic heterocycles. The number of hydrogen-bond acceptors (Lipinski definition) is 4. The Morgan fingerprint density at radius 2 is 1.00 bits per heavy atom. The summed E-state index contributed by atoms with van der Waals surface area (Å²) in [5.41, 5.74) is 7.76. The van der Waals surface area contributed by atoms with Crippen LogP contribution in [0, 0.1) is 0 Å². The van der Waals surface area contributed by atoms with Gasteiger partial charge in [-0.15, -0.1) is 0 Å². The Hall–Kier alpha value is -4.18. The summed E-state index contributed by atoms with van der Waals surface area (Å²) < 4.78 is 11.4. The third-order valence-electron chi connectivity index (χ3n) is 6.89. The second-order valence-electron chi connectivity index (χ2n) is 9.10. The maximum absolute atomic E-state index is 12.6. The highest BCUT2D eigenvalue weighted by atomic mass is 16.5. The quantitative estimate of drug-likeness (QED) is 0.215. The summed E-state index contributed by atoms with van der Waals surface area (Å²) in [6.07, 6.45) is 1.84. The first-order valence-corrected chi connectivity index (χ1v) is 12.4. The van der Waals surface area contributed by atoms with Crippen LogP contribution in [0.25, 0.3) is 11.1 Å². The first-order valence-electron chi connectivity index (χ1n) is 12.4. The Balaban J connectivity index is 1.33. The third kappa shape index (κ3) is 4.55. The summed E-state index contributed by atoms with van der Waals surface area (Å²) in [5.74, 6) is 0.351. The van der Waals surface area contributed by atoms with E-state index in [2.05, 4.69) is 20.8 Å². The minimum Gasteiger partial charge on any atom is -0.423 e. The lowest BCUT2D eigenvalue weighted by molar-refractivity contribution is 0.0725. The molecule has 180 valence electrons. The van der Waals surface area contributed by atoms with Crippen molar-refractivity contribution in [2.75, 3.05) is 0 Å². The largest absolute Gasteiger partial charge is 0.423 e. The van der Waals surface area contributed by atoms with E-state index in [-0.39, 0.29) is 17.9 Å². The van der Waals surface area contributed by atoms with Crippen LogP contribution in [-0.4, -0.2) is 11.9 Å². The molecule has 0 heterocycles. The summed E-state index contributed by atoms with van der Waals surface area (Å²) in [4.78, 5) is 25.3. The van der Waals surface area contributed by atoms with Crippen molar-refractivity contribution in [2.45, 2.75) is 39.5 Å². The van der Waals surface area contributed by atoms with E-state index in [1.54, 1.807) is 24.3 Å². The molecule has 0 bridgehead atoms. The molecule has 0 unspecified atom stereocenters. The van der Waals surface area contributed by atoms with E-state index in [1.807, 2.05) is 60.7 Å². The van der Waals surface area contributed by atoms with Crippen LogP contribution in [-0.2, 0) is 12.8 Å². The minimum absolute atomic E-state index is 0.0694. The van der Waals surface area contributed by atoms with Gasteiger partial charge in [-0.3, -0.25) is 0 Å². The predicted molar refractivity (Wildman–Crippen MR) is 141 cm³/mol. The van der Waals surface area contributed by atoms with Crippen LogP contribution in [0.15, 0.2) is 84.9 Å². The minimum atomic E-state index is -0.373. The molecule has 0 radical (unpaired) electrons. The zero-order chi connectivity index (χ0) is 25.2. The van der Waals surface area contributed by atoms with Gasteiger partial charge in [0.2, 0.25) is 0 Å². The lowest BCUT2D eigenvalue weighted by atomic mass is 9.99. The number of benzene rings is 4. The molecule has 0 fully saturated rings. The fourth-order valence-electron chi connectivity index (χ4n) is 4.67. The van der Waals surface area contributed by atoms with Gasteiger partial charge < -0.3 is 9.47 Å². The Morgan fingerprint density at radius 1 is 0.611 bits per heavy atom. The number of carbonyl (C=O) groups is 2. The number of carbonyl (C=O) groups excluding carboxylic acids is 2. The molecule has 0 amide bonds. The van der Waals surface area contributed by atoms with E-state index >= 15 is 0 Å². The average Bonchev–Trinajstić information content (AvgIpc) is 3.19. The molecular formula is C32H28O4. The number of rotatable bonds is 6. The lowest BCUT2D eigenvalue weighted by Gasteiger charge is -2.10. The highest BCUT2D eigenvalue weighted by Gasteiger charge is 2.27. The lowest BCUT2D eigenvalue weighted by Crippen LogP contribution is -2.09. The van der Waals surface area contributed by atoms with Gasteiger partial charge in [-0.1, -0.05) is 57.2 Å². The Kier molecular flexibility index (Phi) is 6.43. The van der Waals surface area contributed by atoms with Crippen molar-refractivity contribution in [3.8, 4) is 22.6 Å². The zero-order valence-electron chi connectivity index (χ0n) is 20.7. The van der Waals surface area contributed by atoms with Gasteiger partial charge in [0.25, 0.3) is 0 Å². The van der Waals surface area contributed by atoms with Crippen molar-refractivity contribution >= 4 is 11.9 Å². The van der Waals surface area contributed by atoms with E-state index in [4.69, 9.17) is 9.47 Å². The van der Waals surface area contributed by atoms with Gasteiger partial charge in [-0.2, -0.15) is 0 Å². The van der Waals surface area contributed by atoms with Crippen LogP contribution in [0.5, 0.6) is 11.5 Å². The summed E-state index contributed by atoms with van der Waals surface area (Å²) in [6, 6.07) is 26.5. The van der Waals surface area contributed by atoms with Crippen LogP contribution < -0.4 is 9.47 Å². The van der Waals surface area contributed by atoms with Gasteiger partial charge in [-0.05, 0) is 94.8 Å². The van der Waals surface area contributed by atoms with Gasteiger partial charge in [0.05, 0.1) is 11.1 Å². The monoisotopic (exact) mass is 476 g/mol. The standard InChI is InChI=1S/C32H28O4/c1-4-21-6-10-23(11-7-21)31(33)35-25-14-16-27-28-17-15-26(19-30(28)20(3)29(27)18-25)36-32(34)24-12-8-22(5-2)9-13-24/h6-20H,4-5H2,1-3H3. The van der Waals surface area contributed by atoms with Crippen molar-refractivity contribution in [2.24, 2.45) is 0 Å². The molecule has 0 saturated heterocycles. The topological polar surface area (TPSA) is 52.6 Å². The van der Waals surface area contributed by atoms with Crippen LogP contribution in [0.1, 0.15) is 69.7 Å². The molecule has 0 N–H and O–H groups in total. The van der Waals surface area contributed by atoms with Gasteiger partial charge in [0.15, 0.2) is 0 Å². The summed E-state index contributed by atoms with van der Waals surface area (Å²) in [6.45, 7) is 6.26. The first kappa shape index (κ1) is 23.6. The van der Waals surface area contributed by atoms with E-state index in [0.717, 1.165) is 35.1 Å². The maximum Gasteiger partial charge on any atom is 0.343 e. The fourth-order valence-corrected chi connectivity index (χ4v) is 4.67. The molecule has 5 rings (SSSR count). The molecular weight excluding hydrogens is 448 g/mol. The van der Waals surface area contributed by atoms with E-state index in [1.165, 1.54) is 11.1 Å². The molecule has 0 spiro atoms. The van der Waals surface area contributed by atoms with Crippen LogP contribution in [0.3, 0.4) is 0 Å². The van der Waals surface area contributed by atoms with Gasteiger partial charge in [0, 0.05) is 5.92 Å². The number of esters is 2. The van der Waals surface area contributed by atoms with Crippen molar-refractivity contribution in [3.63, 3.8) is 0 Å². The van der Waals surface area contributed by atoms with Crippen LogP contribution in [0.4, 0.5) is 0 Å². The van der Waals surface area contributed by atoms with Gasteiger partial charge >= 0.3 is 11.9 Å². The molecule has 4 nitrogen and oxygen atoms in total. The van der Waals surface area contributed by atoms with Crippen LogP contribution >= 0.6 is 0 Å². The van der Waals surface area contributed by atoms with Crippen molar-refractivity contribution in [3.05, 3.63) is 118 Å². The Morgan fingerprint density at radius 3 is 1.36 bits per heavy atom. The molecule has 4 heteroatoms. The molecule has 0 aliphatic heterocycles. The third-order valence-corrected chi connectivity index (χ3v) is 6.89. The van der Waals surface area contributed by atoms with Gasteiger partial charge in [0.1, 0.15) is 11.5 Å². The van der Waals surface area contributed by atoms with E-state index in [0.29, 0.717) is 22.6 Å².